The van der Waals surface area contributed by atoms with Crippen LogP contribution in [0, 0.1) is 11.3 Å². The SMILES string of the molecule is CN(C)C(=O)N1CCC2(CC1)CCN(CC1CC1)C2=O. The maximum atomic E-state index is 12.7. The Morgan fingerprint density at radius 2 is 1.80 bits per heavy atom. The minimum absolute atomic E-state index is 0.0696. The zero-order valence-electron chi connectivity index (χ0n) is 12.6. The highest BCUT2D eigenvalue weighted by Gasteiger charge is 2.49. The largest absolute Gasteiger partial charge is 0.342 e. The Balaban J connectivity index is 1.59. The Morgan fingerprint density at radius 1 is 1.20 bits per heavy atom. The van der Waals surface area contributed by atoms with Crippen LogP contribution in [-0.4, -0.2) is 66.9 Å². The van der Waals surface area contributed by atoms with Gasteiger partial charge >= 0.3 is 6.03 Å². The molecule has 112 valence electrons. The Hall–Kier alpha value is -1.26. The monoisotopic (exact) mass is 279 g/mol. The second-order valence-corrected chi connectivity index (χ2v) is 6.89. The molecule has 3 rings (SSSR count). The van der Waals surface area contributed by atoms with Gasteiger partial charge in [0.05, 0.1) is 5.41 Å². The van der Waals surface area contributed by atoms with E-state index in [9.17, 15) is 9.59 Å². The van der Waals surface area contributed by atoms with Crippen molar-refractivity contribution in [3.63, 3.8) is 0 Å². The van der Waals surface area contributed by atoms with Crippen molar-refractivity contribution in [3.05, 3.63) is 0 Å². The van der Waals surface area contributed by atoms with Gasteiger partial charge in [0.1, 0.15) is 0 Å². The summed E-state index contributed by atoms with van der Waals surface area (Å²) in [4.78, 5) is 30.2. The minimum atomic E-state index is -0.155. The predicted octanol–water partition coefficient (Wildman–Crippen LogP) is 1.39. The third-order valence-corrected chi connectivity index (χ3v) is 5.15. The number of carbonyl (C=O) groups is 2. The van der Waals surface area contributed by atoms with Crippen LogP contribution in [0.4, 0.5) is 4.79 Å². The first-order valence-corrected chi connectivity index (χ1v) is 7.77. The zero-order valence-corrected chi connectivity index (χ0v) is 12.6. The summed E-state index contributed by atoms with van der Waals surface area (Å²) in [6.45, 7) is 3.35. The van der Waals surface area contributed by atoms with E-state index in [0.29, 0.717) is 5.91 Å². The van der Waals surface area contributed by atoms with Gasteiger partial charge in [-0.2, -0.15) is 0 Å². The van der Waals surface area contributed by atoms with Gasteiger partial charge in [0, 0.05) is 40.3 Å². The molecule has 1 saturated carbocycles. The van der Waals surface area contributed by atoms with E-state index in [0.717, 1.165) is 51.4 Å². The molecule has 0 atom stereocenters. The summed E-state index contributed by atoms with van der Waals surface area (Å²) in [5.41, 5.74) is -0.155. The lowest BCUT2D eigenvalue weighted by Gasteiger charge is -2.38. The van der Waals surface area contributed by atoms with E-state index >= 15 is 0 Å². The molecule has 20 heavy (non-hydrogen) atoms. The summed E-state index contributed by atoms with van der Waals surface area (Å²) in [5, 5.41) is 0. The van der Waals surface area contributed by atoms with Crippen LogP contribution >= 0.6 is 0 Å². The lowest BCUT2D eigenvalue weighted by molar-refractivity contribution is -0.138. The van der Waals surface area contributed by atoms with E-state index < -0.39 is 0 Å². The zero-order chi connectivity index (χ0) is 14.3. The standard InChI is InChI=1S/C15H25N3O2/c1-16(2)14(20)17-8-5-15(6-9-17)7-10-18(13(15)19)11-12-3-4-12/h12H,3-11H2,1-2H3. The number of amides is 3. The van der Waals surface area contributed by atoms with Crippen molar-refractivity contribution < 1.29 is 9.59 Å². The van der Waals surface area contributed by atoms with Gasteiger partial charge in [-0.1, -0.05) is 0 Å². The van der Waals surface area contributed by atoms with Crippen LogP contribution in [0.2, 0.25) is 0 Å². The van der Waals surface area contributed by atoms with Crippen LogP contribution in [0.3, 0.4) is 0 Å². The van der Waals surface area contributed by atoms with Crippen LogP contribution in [0.1, 0.15) is 32.1 Å². The molecule has 5 heteroatoms. The summed E-state index contributed by atoms with van der Waals surface area (Å²) >= 11 is 0. The van der Waals surface area contributed by atoms with Crippen molar-refractivity contribution in [2.75, 3.05) is 40.3 Å². The first-order valence-electron chi connectivity index (χ1n) is 7.77. The number of urea groups is 1. The first-order chi connectivity index (χ1) is 9.52. The van der Waals surface area contributed by atoms with Gasteiger partial charge in [0.2, 0.25) is 5.91 Å². The molecule has 2 saturated heterocycles. The fraction of sp³-hybridized carbons (Fsp3) is 0.867. The molecule has 5 nitrogen and oxygen atoms in total. The third-order valence-electron chi connectivity index (χ3n) is 5.15. The maximum Gasteiger partial charge on any atom is 0.319 e. The van der Waals surface area contributed by atoms with Crippen molar-refractivity contribution in [3.8, 4) is 0 Å². The van der Waals surface area contributed by atoms with Gasteiger partial charge in [-0.3, -0.25) is 4.79 Å². The fourth-order valence-corrected chi connectivity index (χ4v) is 3.55. The van der Waals surface area contributed by atoms with Crippen molar-refractivity contribution in [2.24, 2.45) is 11.3 Å². The lowest BCUT2D eigenvalue weighted by atomic mass is 9.77. The molecule has 0 aromatic carbocycles. The molecular weight excluding hydrogens is 254 g/mol. The molecule has 2 heterocycles. The van der Waals surface area contributed by atoms with Crippen LogP contribution in [0.5, 0.6) is 0 Å². The van der Waals surface area contributed by atoms with Crippen molar-refractivity contribution in [1.29, 1.82) is 0 Å². The van der Waals surface area contributed by atoms with Gasteiger partial charge in [0.25, 0.3) is 0 Å². The number of rotatable bonds is 2. The van der Waals surface area contributed by atoms with Gasteiger partial charge in [-0.05, 0) is 38.0 Å². The first kappa shape index (κ1) is 13.7. The van der Waals surface area contributed by atoms with E-state index in [-0.39, 0.29) is 11.4 Å². The molecule has 3 aliphatic rings. The summed E-state index contributed by atoms with van der Waals surface area (Å²) in [6, 6.07) is 0.0696. The Bertz CT molecular complexity index is 409. The number of hydrogen-bond acceptors (Lipinski definition) is 2. The Labute approximate surface area is 120 Å². The summed E-state index contributed by atoms with van der Waals surface area (Å²) < 4.78 is 0. The molecule has 2 aliphatic heterocycles. The van der Waals surface area contributed by atoms with Gasteiger partial charge in [0.15, 0.2) is 0 Å². The molecule has 0 unspecified atom stereocenters. The van der Waals surface area contributed by atoms with E-state index in [1.165, 1.54) is 12.8 Å². The smallest absolute Gasteiger partial charge is 0.319 e. The van der Waals surface area contributed by atoms with Crippen molar-refractivity contribution in [1.82, 2.24) is 14.7 Å². The highest BCUT2D eigenvalue weighted by Crippen LogP contribution is 2.43. The van der Waals surface area contributed by atoms with Gasteiger partial charge in [-0.15, -0.1) is 0 Å². The van der Waals surface area contributed by atoms with E-state index in [2.05, 4.69) is 4.90 Å². The molecular formula is C15H25N3O2. The molecule has 3 fully saturated rings. The number of piperidine rings is 1. The van der Waals surface area contributed by atoms with E-state index in [4.69, 9.17) is 0 Å². The fourth-order valence-electron chi connectivity index (χ4n) is 3.55. The summed E-state index contributed by atoms with van der Waals surface area (Å²) in [7, 11) is 3.57. The third kappa shape index (κ3) is 2.38. The number of nitrogens with zero attached hydrogens (tertiary/aromatic N) is 3. The van der Waals surface area contributed by atoms with Crippen molar-refractivity contribution in [2.45, 2.75) is 32.1 Å². The molecule has 0 bridgehead atoms. The number of hydrogen-bond donors (Lipinski definition) is 0. The normalized spacial score (nSPS) is 25.4. The highest BCUT2D eigenvalue weighted by molar-refractivity contribution is 5.85. The highest BCUT2D eigenvalue weighted by atomic mass is 16.2. The van der Waals surface area contributed by atoms with Gasteiger partial charge in [-0.25, -0.2) is 4.79 Å². The Kier molecular flexibility index (Phi) is 3.38. The van der Waals surface area contributed by atoms with Crippen LogP contribution in [0.25, 0.3) is 0 Å². The quantitative estimate of drug-likeness (QED) is 0.767. The molecule has 0 N–H and O–H groups in total. The molecule has 3 amide bonds. The molecule has 0 aromatic heterocycles. The second-order valence-electron chi connectivity index (χ2n) is 6.89. The van der Waals surface area contributed by atoms with Crippen LogP contribution < -0.4 is 0 Å². The van der Waals surface area contributed by atoms with E-state index in [1.807, 2.05) is 4.90 Å². The van der Waals surface area contributed by atoms with Crippen LogP contribution in [0.15, 0.2) is 0 Å². The molecule has 1 aliphatic carbocycles. The summed E-state index contributed by atoms with van der Waals surface area (Å²) in [6.07, 6.45) is 5.26. The lowest BCUT2D eigenvalue weighted by Crippen LogP contribution is -2.49. The maximum absolute atomic E-state index is 12.7. The molecule has 1 spiro atoms. The van der Waals surface area contributed by atoms with Crippen molar-refractivity contribution >= 4 is 11.9 Å². The number of likely N-dealkylation sites (tertiary alicyclic amines) is 2. The topological polar surface area (TPSA) is 43.9 Å². The minimum Gasteiger partial charge on any atom is -0.342 e. The Morgan fingerprint density at radius 3 is 2.35 bits per heavy atom. The second kappa shape index (κ2) is 4.93. The molecule has 0 radical (unpaired) electrons. The number of carbonyl (C=O) groups excluding carboxylic acids is 2. The average Bonchev–Trinajstić information content (AvgIpc) is 3.21. The average molecular weight is 279 g/mol. The predicted molar refractivity (Wildman–Crippen MR) is 76.2 cm³/mol. The van der Waals surface area contributed by atoms with E-state index in [1.54, 1.807) is 19.0 Å². The molecule has 0 aromatic rings. The summed E-state index contributed by atoms with van der Waals surface area (Å²) in [5.74, 6) is 1.13. The van der Waals surface area contributed by atoms with Crippen LogP contribution in [-0.2, 0) is 4.79 Å². The van der Waals surface area contributed by atoms with Gasteiger partial charge < -0.3 is 14.7 Å².